The summed E-state index contributed by atoms with van der Waals surface area (Å²) in [5, 5.41) is 13.0. The van der Waals surface area contributed by atoms with Gasteiger partial charge in [0.15, 0.2) is 0 Å². The van der Waals surface area contributed by atoms with Crippen LogP contribution in [0.15, 0.2) is 54.6 Å². The van der Waals surface area contributed by atoms with E-state index in [0.717, 1.165) is 0 Å². The van der Waals surface area contributed by atoms with Crippen molar-refractivity contribution in [3.63, 3.8) is 0 Å². The van der Waals surface area contributed by atoms with E-state index in [4.69, 9.17) is 0 Å². The van der Waals surface area contributed by atoms with E-state index in [1.807, 2.05) is 18.2 Å². The highest BCUT2D eigenvalue weighted by Crippen LogP contribution is 2.29. The van der Waals surface area contributed by atoms with Crippen LogP contribution in [0.4, 0.5) is 0 Å². The number of rotatable bonds is 4. The number of phenols is 1. The fraction of sp³-hybridized carbons (Fsp3) is 0.250. The predicted molar refractivity (Wildman–Crippen MR) is 72.5 cm³/mol. The van der Waals surface area contributed by atoms with Gasteiger partial charge in [0.05, 0.1) is 6.04 Å². The van der Waals surface area contributed by atoms with E-state index < -0.39 is 0 Å². The SMILES string of the molecule is Oc1ccc(C(NC2CC2)c2ccccc2)cc1. The Morgan fingerprint density at radius 1 is 0.889 bits per heavy atom. The Bertz CT molecular complexity index is 502. The van der Waals surface area contributed by atoms with Crippen molar-refractivity contribution >= 4 is 0 Å². The first-order valence-electron chi connectivity index (χ1n) is 6.43. The smallest absolute Gasteiger partial charge is 0.115 e. The number of hydrogen-bond acceptors (Lipinski definition) is 2. The third kappa shape index (κ3) is 2.54. The van der Waals surface area contributed by atoms with Crippen LogP contribution >= 0.6 is 0 Å². The fourth-order valence-electron chi connectivity index (χ4n) is 2.18. The van der Waals surface area contributed by atoms with Gasteiger partial charge in [-0.1, -0.05) is 42.5 Å². The summed E-state index contributed by atoms with van der Waals surface area (Å²) in [5.41, 5.74) is 2.47. The van der Waals surface area contributed by atoms with Crippen LogP contribution in [-0.2, 0) is 0 Å². The minimum Gasteiger partial charge on any atom is -0.508 e. The van der Waals surface area contributed by atoms with E-state index in [0.29, 0.717) is 11.8 Å². The Kier molecular flexibility index (Phi) is 3.03. The Morgan fingerprint density at radius 3 is 2.11 bits per heavy atom. The molecule has 2 aromatic carbocycles. The number of aromatic hydroxyl groups is 1. The first-order valence-corrected chi connectivity index (χ1v) is 6.43. The van der Waals surface area contributed by atoms with Gasteiger partial charge in [-0.05, 0) is 36.1 Å². The monoisotopic (exact) mass is 239 g/mol. The quantitative estimate of drug-likeness (QED) is 0.858. The minimum atomic E-state index is 0.222. The predicted octanol–water partition coefficient (Wildman–Crippen LogP) is 3.23. The molecule has 1 fully saturated rings. The molecule has 1 unspecified atom stereocenters. The molecular weight excluding hydrogens is 222 g/mol. The third-order valence-electron chi connectivity index (χ3n) is 3.34. The molecule has 2 nitrogen and oxygen atoms in total. The van der Waals surface area contributed by atoms with Crippen molar-refractivity contribution in [2.75, 3.05) is 0 Å². The molecule has 0 saturated heterocycles. The molecule has 1 saturated carbocycles. The summed E-state index contributed by atoms with van der Waals surface area (Å²) < 4.78 is 0. The Labute approximate surface area is 107 Å². The highest BCUT2D eigenvalue weighted by Gasteiger charge is 2.26. The van der Waals surface area contributed by atoms with E-state index >= 15 is 0 Å². The number of benzene rings is 2. The van der Waals surface area contributed by atoms with Gasteiger partial charge in [-0.25, -0.2) is 0 Å². The average Bonchev–Trinajstić information content (AvgIpc) is 3.22. The average molecular weight is 239 g/mol. The van der Waals surface area contributed by atoms with Crippen LogP contribution in [-0.4, -0.2) is 11.1 Å². The number of hydrogen-bond donors (Lipinski definition) is 2. The van der Waals surface area contributed by atoms with E-state index in [2.05, 4.69) is 29.6 Å². The third-order valence-corrected chi connectivity index (χ3v) is 3.34. The van der Waals surface area contributed by atoms with Gasteiger partial charge < -0.3 is 10.4 Å². The van der Waals surface area contributed by atoms with E-state index in [1.165, 1.54) is 24.0 Å². The van der Waals surface area contributed by atoms with Crippen molar-refractivity contribution in [3.8, 4) is 5.75 Å². The lowest BCUT2D eigenvalue weighted by atomic mass is 9.98. The summed E-state index contributed by atoms with van der Waals surface area (Å²) in [4.78, 5) is 0. The zero-order chi connectivity index (χ0) is 12.4. The summed E-state index contributed by atoms with van der Waals surface area (Å²) in [7, 11) is 0. The first kappa shape index (κ1) is 11.3. The molecule has 0 bridgehead atoms. The first-order chi connectivity index (χ1) is 8.83. The second kappa shape index (κ2) is 4.83. The van der Waals surface area contributed by atoms with Gasteiger partial charge in [-0.2, -0.15) is 0 Å². The summed E-state index contributed by atoms with van der Waals surface area (Å²) in [6.07, 6.45) is 2.53. The van der Waals surface area contributed by atoms with Crippen molar-refractivity contribution in [2.24, 2.45) is 0 Å². The van der Waals surface area contributed by atoms with Crippen molar-refractivity contribution in [2.45, 2.75) is 24.9 Å². The minimum absolute atomic E-state index is 0.222. The van der Waals surface area contributed by atoms with Crippen LogP contribution in [0.1, 0.15) is 30.0 Å². The van der Waals surface area contributed by atoms with Gasteiger partial charge in [-0.3, -0.25) is 0 Å². The molecule has 18 heavy (non-hydrogen) atoms. The van der Waals surface area contributed by atoms with Gasteiger partial charge in [0, 0.05) is 6.04 Å². The van der Waals surface area contributed by atoms with E-state index in [-0.39, 0.29) is 6.04 Å². The highest BCUT2D eigenvalue weighted by molar-refractivity contribution is 5.35. The summed E-state index contributed by atoms with van der Waals surface area (Å²) in [6, 6.07) is 18.8. The summed E-state index contributed by atoms with van der Waals surface area (Å²) in [6.45, 7) is 0. The molecule has 2 aromatic rings. The fourth-order valence-corrected chi connectivity index (χ4v) is 2.18. The van der Waals surface area contributed by atoms with Crippen molar-refractivity contribution in [3.05, 3.63) is 65.7 Å². The maximum atomic E-state index is 9.38. The summed E-state index contributed by atoms with van der Waals surface area (Å²) in [5.74, 6) is 0.317. The maximum Gasteiger partial charge on any atom is 0.115 e. The molecule has 1 aliphatic carbocycles. The molecule has 0 aliphatic heterocycles. The van der Waals surface area contributed by atoms with Crippen LogP contribution < -0.4 is 5.32 Å². The number of phenolic OH excluding ortho intramolecular Hbond substituents is 1. The van der Waals surface area contributed by atoms with Crippen molar-refractivity contribution in [1.29, 1.82) is 0 Å². The molecule has 0 aromatic heterocycles. The topological polar surface area (TPSA) is 32.3 Å². The van der Waals surface area contributed by atoms with E-state index in [1.54, 1.807) is 12.1 Å². The zero-order valence-corrected chi connectivity index (χ0v) is 10.2. The maximum absolute atomic E-state index is 9.38. The molecule has 2 heteroatoms. The molecule has 1 aliphatic rings. The van der Waals surface area contributed by atoms with Crippen LogP contribution in [0.5, 0.6) is 5.75 Å². The Morgan fingerprint density at radius 2 is 1.50 bits per heavy atom. The van der Waals surface area contributed by atoms with Gasteiger partial charge in [0.25, 0.3) is 0 Å². The zero-order valence-electron chi connectivity index (χ0n) is 10.2. The molecular formula is C16H17NO. The van der Waals surface area contributed by atoms with Gasteiger partial charge in [0.1, 0.15) is 5.75 Å². The van der Waals surface area contributed by atoms with Gasteiger partial charge >= 0.3 is 0 Å². The van der Waals surface area contributed by atoms with Crippen LogP contribution in [0.3, 0.4) is 0 Å². The molecule has 92 valence electrons. The van der Waals surface area contributed by atoms with E-state index in [9.17, 15) is 5.11 Å². The molecule has 3 rings (SSSR count). The standard InChI is InChI=1S/C16H17NO/c18-15-10-6-13(7-11-15)16(17-14-8-9-14)12-4-2-1-3-5-12/h1-7,10-11,14,16-18H,8-9H2. The lowest BCUT2D eigenvalue weighted by Gasteiger charge is -2.19. The van der Waals surface area contributed by atoms with Crippen molar-refractivity contribution < 1.29 is 5.11 Å². The van der Waals surface area contributed by atoms with Crippen LogP contribution in [0, 0.1) is 0 Å². The molecule has 0 radical (unpaired) electrons. The largest absolute Gasteiger partial charge is 0.508 e. The Hall–Kier alpha value is -1.80. The summed E-state index contributed by atoms with van der Waals surface area (Å²) >= 11 is 0. The lowest BCUT2D eigenvalue weighted by Crippen LogP contribution is -2.24. The molecule has 0 amide bonds. The number of nitrogens with one attached hydrogen (secondary N) is 1. The second-order valence-electron chi connectivity index (χ2n) is 4.88. The van der Waals surface area contributed by atoms with Crippen LogP contribution in [0.2, 0.25) is 0 Å². The molecule has 0 spiro atoms. The van der Waals surface area contributed by atoms with Crippen LogP contribution in [0.25, 0.3) is 0 Å². The second-order valence-corrected chi connectivity index (χ2v) is 4.88. The molecule has 0 heterocycles. The van der Waals surface area contributed by atoms with Gasteiger partial charge in [-0.15, -0.1) is 0 Å². The Balaban J connectivity index is 1.91. The normalized spacial score (nSPS) is 16.4. The lowest BCUT2D eigenvalue weighted by molar-refractivity contribution is 0.474. The van der Waals surface area contributed by atoms with Gasteiger partial charge in [0.2, 0.25) is 0 Å². The molecule has 1 atom stereocenters. The van der Waals surface area contributed by atoms with Crippen molar-refractivity contribution in [1.82, 2.24) is 5.32 Å². The molecule has 2 N–H and O–H groups in total. The highest BCUT2D eigenvalue weighted by atomic mass is 16.3.